The van der Waals surface area contributed by atoms with Gasteiger partial charge in [-0.3, -0.25) is 0 Å². The largest absolute Gasteiger partial charge is 0.467 e. The molecule has 0 atom stereocenters. The lowest BCUT2D eigenvalue weighted by Gasteiger charge is -1.95. The summed E-state index contributed by atoms with van der Waals surface area (Å²) in [6, 6.07) is 1.85. The molecule has 0 saturated carbocycles. The predicted molar refractivity (Wildman–Crippen MR) is 38.0 cm³/mol. The molecule has 0 amide bonds. The predicted octanol–water partition coefficient (Wildman–Crippen LogP) is 0.293. The van der Waals surface area contributed by atoms with Gasteiger partial charge in [-0.1, -0.05) is 5.16 Å². The lowest BCUT2D eigenvalue weighted by Crippen LogP contribution is -1.94. The molecule has 0 aliphatic heterocycles. The molecule has 0 bridgehead atoms. The molecule has 0 saturated heterocycles. The molecule has 0 aliphatic carbocycles. The first-order valence-electron chi connectivity index (χ1n) is 2.91. The molecule has 0 fully saturated rings. The Morgan fingerprint density at radius 1 is 1.73 bits per heavy atom. The molecular formula is C6H7N3O2. The van der Waals surface area contributed by atoms with Crippen LogP contribution in [0.5, 0.6) is 6.01 Å². The van der Waals surface area contributed by atoms with Gasteiger partial charge in [0.05, 0.1) is 19.0 Å². The Kier molecular flexibility index (Phi) is 2.37. The van der Waals surface area contributed by atoms with E-state index in [1.54, 1.807) is 6.07 Å². The molecular weight excluding hydrogens is 146 g/mol. The van der Waals surface area contributed by atoms with Crippen LogP contribution in [0.1, 0.15) is 5.69 Å². The van der Waals surface area contributed by atoms with Gasteiger partial charge in [-0.15, -0.1) is 0 Å². The van der Waals surface area contributed by atoms with Gasteiger partial charge in [-0.2, -0.15) is 4.98 Å². The average Bonchev–Trinajstić information content (AvgIpc) is 2.06. The molecule has 1 N–H and O–H groups in total. The monoisotopic (exact) mass is 153 g/mol. The van der Waals surface area contributed by atoms with Crippen LogP contribution in [0.2, 0.25) is 0 Å². The van der Waals surface area contributed by atoms with Crippen molar-refractivity contribution in [3.05, 3.63) is 18.0 Å². The highest BCUT2D eigenvalue weighted by molar-refractivity contribution is 5.76. The molecule has 1 heterocycles. The molecule has 0 unspecified atom stereocenters. The lowest BCUT2D eigenvalue weighted by molar-refractivity contribution is 0.321. The van der Waals surface area contributed by atoms with E-state index in [1.807, 2.05) is 0 Å². The summed E-state index contributed by atoms with van der Waals surface area (Å²) in [6.45, 7) is 0. The second kappa shape index (κ2) is 3.50. The third-order valence-corrected chi connectivity index (χ3v) is 1.03. The van der Waals surface area contributed by atoms with E-state index in [2.05, 4.69) is 15.1 Å². The van der Waals surface area contributed by atoms with E-state index in [0.29, 0.717) is 5.69 Å². The van der Waals surface area contributed by atoms with E-state index in [4.69, 9.17) is 9.94 Å². The smallest absolute Gasteiger partial charge is 0.316 e. The third kappa shape index (κ3) is 1.89. The van der Waals surface area contributed by atoms with Crippen molar-refractivity contribution in [1.82, 2.24) is 9.97 Å². The van der Waals surface area contributed by atoms with Gasteiger partial charge >= 0.3 is 6.01 Å². The normalized spacial score (nSPS) is 10.3. The Bertz CT molecular complexity index is 262. The van der Waals surface area contributed by atoms with E-state index in [9.17, 15) is 0 Å². The fraction of sp³-hybridized carbons (Fsp3) is 0.167. The topological polar surface area (TPSA) is 67.6 Å². The van der Waals surface area contributed by atoms with Gasteiger partial charge < -0.3 is 9.94 Å². The molecule has 1 rings (SSSR count). The van der Waals surface area contributed by atoms with Crippen molar-refractivity contribution in [2.24, 2.45) is 5.16 Å². The molecule has 11 heavy (non-hydrogen) atoms. The molecule has 1 aromatic rings. The number of hydrogen-bond acceptors (Lipinski definition) is 5. The number of aromatic nitrogens is 2. The van der Waals surface area contributed by atoms with Gasteiger partial charge in [0.25, 0.3) is 0 Å². The zero-order valence-electron chi connectivity index (χ0n) is 5.93. The third-order valence-electron chi connectivity index (χ3n) is 1.03. The fourth-order valence-electron chi connectivity index (χ4n) is 0.583. The van der Waals surface area contributed by atoms with Crippen LogP contribution in [0, 0.1) is 0 Å². The summed E-state index contributed by atoms with van der Waals surface area (Å²) < 4.78 is 4.74. The highest BCUT2D eigenvalue weighted by Crippen LogP contribution is 1.98. The Balaban J connectivity index is 2.91. The molecule has 1 aromatic heterocycles. The van der Waals surface area contributed by atoms with Crippen LogP contribution >= 0.6 is 0 Å². The minimum absolute atomic E-state index is 0.252. The second-order valence-electron chi connectivity index (χ2n) is 1.71. The number of oxime groups is 1. The van der Waals surface area contributed by atoms with Crippen LogP contribution in [0.15, 0.2) is 17.4 Å². The van der Waals surface area contributed by atoms with Gasteiger partial charge in [0.1, 0.15) is 0 Å². The average molecular weight is 153 g/mol. The Labute approximate surface area is 63.4 Å². The van der Waals surface area contributed by atoms with Crippen LogP contribution in [-0.2, 0) is 0 Å². The maximum absolute atomic E-state index is 8.15. The summed E-state index contributed by atoms with van der Waals surface area (Å²) >= 11 is 0. The highest BCUT2D eigenvalue weighted by Gasteiger charge is 1.94. The zero-order chi connectivity index (χ0) is 8.10. The summed E-state index contributed by atoms with van der Waals surface area (Å²) in [5.41, 5.74) is 0.499. The number of methoxy groups -OCH3 is 1. The second-order valence-corrected chi connectivity index (χ2v) is 1.71. The van der Waals surface area contributed by atoms with Crippen molar-refractivity contribution in [2.45, 2.75) is 0 Å². The maximum Gasteiger partial charge on any atom is 0.316 e. The minimum Gasteiger partial charge on any atom is -0.467 e. The van der Waals surface area contributed by atoms with Crippen molar-refractivity contribution in [2.75, 3.05) is 7.11 Å². The summed E-state index contributed by atoms with van der Waals surface area (Å²) in [5, 5.41) is 11.0. The number of ether oxygens (including phenoxy) is 1. The molecule has 58 valence electrons. The fourth-order valence-corrected chi connectivity index (χ4v) is 0.583. The minimum atomic E-state index is 0.252. The Morgan fingerprint density at radius 2 is 2.55 bits per heavy atom. The van der Waals surface area contributed by atoms with E-state index in [1.165, 1.54) is 19.5 Å². The van der Waals surface area contributed by atoms with Crippen LogP contribution in [0.25, 0.3) is 0 Å². The van der Waals surface area contributed by atoms with Crippen LogP contribution in [-0.4, -0.2) is 28.5 Å². The SMILES string of the molecule is COc1nccc(/C=N\O)n1. The summed E-state index contributed by atoms with van der Waals surface area (Å²) in [7, 11) is 1.47. The van der Waals surface area contributed by atoms with Crippen molar-refractivity contribution in [3.8, 4) is 6.01 Å². The molecule has 0 aliphatic rings. The van der Waals surface area contributed by atoms with E-state index >= 15 is 0 Å². The van der Waals surface area contributed by atoms with E-state index < -0.39 is 0 Å². The molecule has 0 aromatic carbocycles. The van der Waals surface area contributed by atoms with Crippen molar-refractivity contribution in [1.29, 1.82) is 0 Å². The first-order valence-corrected chi connectivity index (χ1v) is 2.91. The first kappa shape index (κ1) is 7.46. The van der Waals surface area contributed by atoms with Gasteiger partial charge in [0.15, 0.2) is 0 Å². The van der Waals surface area contributed by atoms with Crippen LogP contribution < -0.4 is 4.74 Å². The number of hydrogen-bond donors (Lipinski definition) is 1. The van der Waals surface area contributed by atoms with Crippen LogP contribution in [0.3, 0.4) is 0 Å². The van der Waals surface area contributed by atoms with E-state index in [0.717, 1.165) is 0 Å². The van der Waals surface area contributed by atoms with Crippen molar-refractivity contribution >= 4 is 6.21 Å². The van der Waals surface area contributed by atoms with Gasteiger partial charge in [0, 0.05) is 6.20 Å². The van der Waals surface area contributed by atoms with Gasteiger partial charge in [0.2, 0.25) is 0 Å². The molecule has 5 nitrogen and oxygen atoms in total. The van der Waals surface area contributed by atoms with Crippen molar-refractivity contribution in [3.63, 3.8) is 0 Å². The Morgan fingerprint density at radius 3 is 3.18 bits per heavy atom. The van der Waals surface area contributed by atoms with Gasteiger partial charge in [-0.05, 0) is 6.07 Å². The van der Waals surface area contributed by atoms with Gasteiger partial charge in [-0.25, -0.2) is 4.98 Å². The Hall–Kier alpha value is -1.65. The number of nitrogens with zero attached hydrogens (tertiary/aromatic N) is 3. The molecule has 0 spiro atoms. The highest BCUT2D eigenvalue weighted by atomic mass is 16.5. The lowest BCUT2D eigenvalue weighted by atomic mass is 10.4. The summed E-state index contributed by atoms with van der Waals surface area (Å²) in [5.74, 6) is 0. The summed E-state index contributed by atoms with van der Waals surface area (Å²) in [4.78, 5) is 7.60. The first-order chi connectivity index (χ1) is 5.36. The molecule has 0 radical (unpaired) electrons. The number of rotatable bonds is 2. The van der Waals surface area contributed by atoms with E-state index in [-0.39, 0.29) is 6.01 Å². The maximum atomic E-state index is 8.15. The van der Waals surface area contributed by atoms with Crippen molar-refractivity contribution < 1.29 is 9.94 Å². The molecule has 5 heteroatoms. The van der Waals surface area contributed by atoms with Crippen LogP contribution in [0.4, 0.5) is 0 Å². The summed E-state index contributed by atoms with van der Waals surface area (Å²) in [6.07, 6.45) is 2.72. The quantitative estimate of drug-likeness (QED) is 0.376. The standard InChI is InChI=1S/C6H7N3O2/c1-11-6-7-3-2-5(9-6)4-8-10/h2-4,10H,1H3/b8-4-. The zero-order valence-corrected chi connectivity index (χ0v) is 5.93.